The minimum atomic E-state index is 0.214. The van der Waals surface area contributed by atoms with Crippen LogP contribution in [0.25, 0.3) is 15.9 Å². The third-order valence-corrected chi connectivity index (χ3v) is 5.08. The lowest BCUT2D eigenvalue weighted by atomic mass is 10.1. The van der Waals surface area contributed by atoms with Crippen LogP contribution < -0.4 is 0 Å². The maximum absolute atomic E-state index is 5.81. The van der Waals surface area contributed by atoms with Crippen LogP contribution in [-0.2, 0) is 16.1 Å². The molecule has 2 aromatic heterocycles. The van der Waals surface area contributed by atoms with Gasteiger partial charge in [0.25, 0.3) is 0 Å². The number of fused-ring (bicyclic) bond motifs is 1. The van der Waals surface area contributed by atoms with E-state index in [0.717, 1.165) is 46.2 Å². The summed E-state index contributed by atoms with van der Waals surface area (Å²) in [7, 11) is 0. The molecule has 0 bridgehead atoms. The van der Waals surface area contributed by atoms with E-state index >= 15 is 0 Å². The topological polar surface area (TPSA) is 62.1 Å². The summed E-state index contributed by atoms with van der Waals surface area (Å²) in [6.45, 7) is 3.91. The zero-order chi connectivity index (χ0) is 16.4. The Labute approximate surface area is 144 Å². The van der Waals surface area contributed by atoms with Crippen molar-refractivity contribution < 1.29 is 9.47 Å². The molecule has 24 heavy (non-hydrogen) atoms. The zero-order valence-electron chi connectivity index (χ0n) is 13.6. The minimum Gasteiger partial charge on any atom is -0.376 e. The molecule has 4 rings (SSSR count). The Bertz CT molecular complexity index is 823. The van der Waals surface area contributed by atoms with E-state index < -0.39 is 0 Å². The molecule has 1 aliphatic heterocycles. The first-order valence-corrected chi connectivity index (χ1v) is 9.07. The molecule has 0 aliphatic carbocycles. The quantitative estimate of drug-likeness (QED) is 0.711. The van der Waals surface area contributed by atoms with E-state index in [4.69, 9.17) is 9.47 Å². The van der Waals surface area contributed by atoms with Gasteiger partial charge < -0.3 is 9.47 Å². The maximum atomic E-state index is 5.81. The van der Waals surface area contributed by atoms with E-state index in [1.165, 1.54) is 6.42 Å². The van der Waals surface area contributed by atoms with Gasteiger partial charge in [-0.05, 0) is 44.4 Å². The third-order valence-electron chi connectivity index (χ3n) is 4.15. The molecule has 1 saturated heterocycles. The molecule has 3 heterocycles. The van der Waals surface area contributed by atoms with Gasteiger partial charge in [-0.3, -0.25) is 0 Å². The van der Waals surface area contributed by atoms with Gasteiger partial charge in [0.1, 0.15) is 12.9 Å². The fraction of sp³-hybridized carbons (Fsp3) is 0.471. The Balaban J connectivity index is 1.46. The number of rotatable bonds is 5. The summed E-state index contributed by atoms with van der Waals surface area (Å²) in [5, 5.41) is 5.41. The lowest BCUT2D eigenvalue weighted by Crippen LogP contribution is -2.24. The van der Waals surface area contributed by atoms with Crippen molar-refractivity contribution in [1.82, 2.24) is 19.7 Å². The summed E-state index contributed by atoms with van der Waals surface area (Å²) in [5.41, 5.74) is 2.00. The van der Waals surface area contributed by atoms with Crippen LogP contribution in [0.3, 0.4) is 0 Å². The summed E-state index contributed by atoms with van der Waals surface area (Å²) in [6.07, 6.45) is 5.24. The Morgan fingerprint density at radius 2 is 2.33 bits per heavy atom. The van der Waals surface area contributed by atoms with E-state index in [2.05, 4.69) is 21.1 Å². The van der Waals surface area contributed by atoms with Gasteiger partial charge in [0, 0.05) is 6.61 Å². The fourth-order valence-corrected chi connectivity index (χ4v) is 3.82. The molecule has 3 aromatic rings. The molecule has 7 heteroatoms. The van der Waals surface area contributed by atoms with Gasteiger partial charge in [0.2, 0.25) is 0 Å². The van der Waals surface area contributed by atoms with Gasteiger partial charge in [-0.1, -0.05) is 0 Å². The van der Waals surface area contributed by atoms with Crippen molar-refractivity contribution in [3.05, 3.63) is 35.4 Å². The lowest BCUT2D eigenvalue weighted by Gasteiger charge is -2.22. The number of hydrogen-bond acceptors (Lipinski definition) is 6. The Morgan fingerprint density at radius 1 is 1.38 bits per heavy atom. The van der Waals surface area contributed by atoms with Crippen molar-refractivity contribution in [2.45, 2.75) is 38.9 Å². The number of ether oxygens (including phenoxy) is 2. The van der Waals surface area contributed by atoms with Gasteiger partial charge in [-0.15, -0.1) is 11.3 Å². The summed E-state index contributed by atoms with van der Waals surface area (Å²) in [6, 6.07) is 6.14. The first-order valence-electron chi connectivity index (χ1n) is 8.25. The molecular formula is C17H20N4O2S. The lowest BCUT2D eigenvalue weighted by molar-refractivity contribution is -0.0460. The number of aromatic nitrogens is 4. The predicted molar refractivity (Wildman–Crippen MR) is 92.5 cm³/mol. The third kappa shape index (κ3) is 3.33. The molecule has 0 unspecified atom stereocenters. The van der Waals surface area contributed by atoms with Crippen LogP contribution in [0.5, 0.6) is 0 Å². The minimum absolute atomic E-state index is 0.214. The number of benzene rings is 1. The molecule has 126 valence electrons. The summed E-state index contributed by atoms with van der Waals surface area (Å²) in [5.74, 6) is 0.798. The molecule has 0 spiro atoms. The Morgan fingerprint density at radius 3 is 3.21 bits per heavy atom. The van der Waals surface area contributed by atoms with E-state index in [-0.39, 0.29) is 6.10 Å². The Hall–Kier alpha value is -1.83. The molecule has 1 aliphatic rings. The summed E-state index contributed by atoms with van der Waals surface area (Å²) >= 11 is 1.69. The van der Waals surface area contributed by atoms with E-state index in [1.807, 2.05) is 23.7 Å². The van der Waals surface area contributed by atoms with E-state index in [9.17, 15) is 0 Å². The number of hydrogen-bond donors (Lipinski definition) is 0. The van der Waals surface area contributed by atoms with Crippen LogP contribution in [0.1, 0.15) is 30.1 Å². The van der Waals surface area contributed by atoms with Crippen molar-refractivity contribution in [2.24, 2.45) is 0 Å². The average Bonchev–Trinajstić information content (AvgIpc) is 3.20. The molecule has 0 radical (unpaired) electrons. The first-order chi connectivity index (χ1) is 11.8. The second-order valence-corrected chi connectivity index (χ2v) is 7.21. The zero-order valence-corrected chi connectivity index (χ0v) is 14.5. The van der Waals surface area contributed by atoms with Gasteiger partial charge in [0.15, 0.2) is 5.82 Å². The van der Waals surface area contributed by atoms with Crippen molar-refractivity contribution in [2.75, 3.05) is 13.2 Å². The SMILES string of the molecule is Cc1nc2ccc(-n3ncnc3COC[C@@H]3CCCCO3)cc2s1. The Kier molecular flexibility index (Phi) is 4.55. The monoisotopic (exact) mass is 344 g/mol. The van der Waals surface area contributed by atoms with Crippen molar-refractivity contribution >= 4 is 21.6 Å². The summed E-state index contributed by atoms with van der Waals surface area (Å²) < 4.78 is 14.5. The predicted octanol–water partition coefficient (Wildman–Crippen LogP) is 3.27. The summed E-state index contributed by atoms with van der Waals surface area (Å²) in [4.78, 5) is 8.83. The molecule has 6 nitrogen and oxygen atoms in total. The highest BCUT2D eigenvalue weighted by molar-refractivity contribution is 7.18. The standard InChI is InChI=1S/C17H20N4O2S/c1-12-20-15-6-5-13(8-16(15)24-12)21-17(18-11-19-21)10-22-9-14-4-2-3-7-23-14/h5-6,8,11,14H,2-4,7,9-10H2,1H3/t14-/m0/s1. The van der Waals surface area contributed by atoms with Crippen molar-refractivity contribution in [1.29, 1.82) is 0 Å². The molecular weight excluding hydrogens is 324 g/mol. The molecule has 1 fully saturated rings. The van der Waals surface area contributed by atoms with Gasteiger partial charge >= 0.3 is 0 Å². The highest BCUT2D eigenvalue weighted by Crippen LogP contribution is 2.24. The number of thiazole rings is 1. The second kappa shape index (κ2) is 6.96. The highest BCUT2D eigenvalue weighted by Gasteiger charge is 2.15. The smallest absolute Gasteiger partial charge is 0.158 e. The molecule has 1 aromatic carbocycles. The maximum Gasteiger partial charge on any atom is 0.158 e. The number of aryl methyl sites for hydroxylation is 1. The fourth-order valence-electron chi connectivity index (χ4n) is 2.96. The van der Waals surface area contributed by atoms with Gasteiger partial charge in [-0.25, -0.2) is 14.6 Å². The van der Waals surface area contributed by atoms with Gasteiger partial charge in [-0.2, -0.15) is 5.10 Å². The normalized spacial score (nSPS) is 18.3. The first kappa shape index (κ1) is 15.7. The van der Waals surface area contributed by atoms with E-state index in [1.54, 1.807) is 17.7 Å². The van der Waals surface area contributed by atoms with Crippen LogP contribution in [0.2, 0.25) is 0 Å². The van der Waals surface area contributed by atoms with E-state index in [0.29, 0.717) is 13.2 Å². The van der Waals surface area contributed by atoms with Crippen molar-refractivity contribution in [3.63, 3.8) is 0 Å². The molecule has 0 N–H and O–H groups in total. The molecule has 0 amide bonds. The highest BCUT2D eigenvalue weighted by atomic mass is 32.1. The van der Waals surface area contributed by atoms with Crippen LogP contribution >= 0.6 is 11.3 Å². The van der Waals surface area contributed by atoms with Crippen LogP contribution in [-0.4, -0.2) is 39.1 Å². The van der Waals surface area contributed by atoms with Crippen LogP contribution in [0, 0.1) is 6.92 Å². The molecule has 1 atom stereocenters. The molecule has 0 saturated carbocycles. The van der Waals surface area contributed by atoms with Crippen LogP contribution in [0.15, 0.2) is 24.5 Å². The van der Waals surface area contributed by atoms with Crippen molar-refractivity contribution in [3.8, 4) is 5.69 Å². The number of nitrogens with zero attached hydrogens (tertiary/aromatic N) is 4. The van der Waals surface area contributed by atoms with Crippen LogP contribution in [0.4, 0.5) is 0 Å². The van der Waals surface area contributed by atoms with Gasteiger partial charge in [0.05, 0.1) is 33.6 Å². The average molecular weight is 344 g/mol. The second-order valence-electron chi connectivity index (χ2n) is 5.98. The largest absolute Gasteiger partial charge is 0.376 e.